The van der Waals surface area contributed by atoms with Gasteiger partial charge in [0.2, 0.25) is 0 Å². The minimum absolute atomic E-state index is 0.0880. The van der Waals surface area contributed by atoms with Gasteiger partial charge in [-0.05, 0) is 19.8 Å². The van der Waals surface area contributed by atoms with E-state index in [0.29, 0.717) is 17.8 Å². The highest BCUT2D eigenvalue weighted by molar-refractivity contribution is 5.88. The summed E-state index contributed by atoms with van der Waals surface area (Å²) in [5.74, 6) is -0.398. The monoisotopic (exact) mass is 257 g/mol. The van der Waals surface area contributed by atoms with E-state index in [1.807, 2.05) is 13.8 Å². The van der Waals surface area contributed by atoms with Gasteiger partial charge in [0.25, 0.3) is 0 Å². The molecule has 1 saturated heterocycles. The van der Waals surface area contributed by atoms with E-state index in [9.17, 15) is 9.90 Å². The Balaban J connectivity index is 2.88. The first-order chi connectivity index (χ1) is 8.54. The van der Waals surface area contributed by atoms with Crippen molar-refractivity contribution in [2.75, 3.05) is 13.7 Å². The number of aliphatic hydroxyl groups excluding tert-OH is 1. The third kappa shape index (κ3) is 3.23. The maximum absolute atomic E-state index is 11.5. The molecule has 0 bridgehead atoms. The third-order valence-corrected chi connectivity index (χ3v) is 3.28. The standard InChI is InChI=1S/C13H23NO4/c1-5-9(6-2)18-12-10(15)7-14-11(12)8(3)13(16)17-4/h9-10,12,14-15H,5-7H2,1-4H3/b11-8+/t10-,12+/m0/s1. The average Bonchev–Trinajstić information content (AvgIpc) is 2.75. The zero-order chi connectivity index (χ0) is 13.7. The molecule has 18 heavy (non-hydrogen) atoms. The van der Waals surface area contributed by atoms with Crippen molar-refractivity contribution in [3.05, 3.63) is 11.3 Å². The minimum atomic E-state index is -0.625. The lowest BCUT2D eigenvalue weighted by Gasteiger charge is -2.23. The van der Waals surface area contributed by atoms with E-state index >= 15 is 0 Å². The van der Waals surface area contributed by atoms with Crippen molar-refractivity contribution in [3.8, 4) is 0 Å². The number of carbonyl (C=O) groups excluding carboxylic acids is 1. The second kappa shape index (κ2) is 6.75. The second-order valence-electron chi connectivity index (χ2n) is 4.47. The molecule has 0 radical (unpaired) electrons. The topological polar surface area (TPSA) is 67.8 Å². The largest absolute Gasteiger partial charge is 0.466 e. The summed E-state index contributed by atoms with van der Waals surface area (Å²) in [7, 11) is 1.34. The van der Waals surface area contributed by atoms with Crippen molar-refractivity contribution in [1.29, 1.82) is 0 Å². The summed E-state index contributed by atoms with van der Waals surface area (Å²) in [5.41, 5.74) is 1.10. The van der Waals surface area contributed by atoms with Crippen molar-refractivity contribution >= 4 is 5.97 Å². The van der Waals surface area contributed by atoms with Crippen LogP contribution in [0, 0.1) is 0 Å². The highest BCUT2D eigenvalue weighted by Crippen LogP contribution is 2.23. The van der Waals surface area contributed by atoms with Crippen LogP contribution in [0.2, 0.25) is 0 Å². The fourth-order valence-electron chi connectivity index (χ4n) is 2.07. The van der Waals surface area contributed by atoms with Crippen LogP contribution in [0.5, 0.6) is 0 Å². The molecular formula is C13H23NO4. The van der Waals surface area contributed by atoms with Crippen molar-refractivity contribution in [2.24, 2.45) is 0 Å². The molecule has 1 aliphatic rings. The Labute approximate surface area is 108 Å². The highest BCUT2D eigenvalue weighted by Gasteiger charge is 2.35. The fraction of sp³-hybridized carbons (Fsp3) is 0.769. The number of carbonyl (C=O) groups is 1. The molecule has 0 aromatic rings. The van der Waals surface area contributed by atoms with E-state index in [-0.39, 0.29) is 6.10 Å². The average molecular weight is 257 g/mol. The summed E-state index contributed by atoms with van der Waals surface area (Å²) < 4.78 is 10.6. The molecule has 0 aliphatic carbocycles. The van der Waals surface area contributed by atoms with Gasteiger partial charge in [0.05, 0.1) is 24.5 Å². The highest BCUT2D eigenvalue weighted by atomic mass is 16.5. The number of esters is 1. The molecule has 0 unspecified atom stereocenters. The van der Waals surface area contributed by atoms with E-state index in [4.69, 9.17) is 9.47 Å². The molecular weight excluding hydrogens is 234 g/mol. The molecule has 104 valence electrons. The molecule has 1 fully saturated rings. The normalized spacial score (nSPS) is 26.1. The maximum Gasteiger partial charge on any atom is 0.335 e. The lowest BCUT2D eigenvalue weighted by atomic mass is 10.1. The van der Waals surface area contributed by atoms with Crippen LogP contribution in [0.4, 0.5) is 0 Å². The molecule has 0 aromatic carbocycles. The van der Waals surface area contributed by atoms with E-state index < -0.39 is 18.2 Å². The summed E-state index contributed by atoms with van der Waals surface area (Å²) in [6, 6.07) is 0. The zero-order valence-electron chi connectivity index (χ0n) is 11.5. The predicted octanol–water partition coefficient (Wildman–Crippen LogP) is 0.971. The Morgan fingerprint density at radius 1 is 1.50 bits per heavy atom. The van der Waals surface area contributed by atoms with Gasteiger partial charge in [-0.15, -0.1) is 0 Å². The number of ether oxygens (including phenoxy) is 2. The molecule has 5 nitrogen and oxygen atoms in total. The van der Waals surface area contributed by atoms with Crippen molar-refractivity contribution in [3.63, 3.8) is 0 Å². The second-order valence-corrected chi connectivity index (χ2v) is 4.47. The van der Waals surface area contributed by atoms with Crippen molar-refractivity contribution in [2.45, 2.75) is 51.9 Å². The van der Waals surface area contributed by atoms with Gasteiger partial charge in [0, 0.05) is 6.54 Å². The molecule has 0 saturated carbocycles. The molecule has 1 heterocycles. The summed E-state index contributed by atoms with van der Waals surface area (Å²) in [4.78, 5) is 11.5. The Hall–Kier alpha value is -1.07. The Morgan fingerprint density at radius 3 is 2.61 bits per heavy atom. The number of β-amino-alcohol motifs (C(OH)–C–C–N with tert-alkyl or cyclic N) is 1. The molecule has 0 spiro atoms. The third-order valence-electron chi connectivity index (χ3n) is 3.28. The van der Waals surface area contributed by atoms with Crippen LogP contribution in [-0.2, 0) is 14.3 Å². The van der Waals surface area contributed by atoms with Crippen LogP contribution in [0.3, 0.4) is 0 Å². The summed E-state index contributed by atoms with van der Waals surface area (Å²) >= 11 is 0. The smallest absolute Gasteiger partial charge is 0.335 e. The van der Waals surface area contributed by atoms with Gasteiger partial charge in [-0.2, -0.15) is 0 Å². The van der Waals surface area contributed by atoms with Crippen LogP contribution in [0.1, 0.15) is 33.6 Å². The molecule has 2 atom stereocenters. The van der Waals surface area contributed by atoms with Gasteiger partial charge in [-0.25, -0.2) is 4.79 Å². The zero-order valence-corrected chi connectivity index (χ0v) is 11.5. The van der Waals surface area contributed by atoms with E-state index in [0.717, 1.165) is 12.8 Å². The lowest BCUT2D eigenvalue weighted by Crippen LogP contribution is -2.31. The van der Waals surface area contributed by atoms with Gasteiger partial charge < -0.3 is 19.9 Å². The quantitative estimate of drug-likeness (QED) is 0.567. The Morgan fingerprint density at radius 2 is 2.11 bits per heavy atom. The predicted molar refractivity (Wildman–Crippen MR) is 68.0 cm³/mol. The maximum atomic E-state index is 11.5. The van der Waals surface area contributed by atoms with E-state index in [1.54, 1.807) is 6.92 Å². The molecule has 2 N–H and O–H groups in total. The van der Waals surface area contributed by atoms with Gasteiger partial charge in [-0.1, -0.05) is 13.8 Å². The molecule has 1 aliphatic heterocycles. The number of nitrogens with one attached hydrogen (secondary N) is 1. The van der Waals surface area contributed by atoms with Crippen LogP contribution in [-0.4, -0.2) is 43.0 Å². The van der Waals surface area contributed by atoms with Gasteiger partial charge in [0.1, 0.15) is 12.2 Å². The van der Waals surface area contributed by atoms with Crippen LogP contribution in [0.15, 0.2) is 11.3 Å². The van der Waals surface area contributed by atoms with Gasteiger partial charge >= 0.3 is 5.97 Å². The van der Waals surface area contributed by atoms with E-state index in [1.165, 1.54) is 7.11 Å². The first-order valence-electron chi connectivity index (χ1n) is 6.41. The number of aliphatic hydroxyl groups is 1. The van der Waals surface area contributed by atoms with Gasteiger partial charge in [0.15, 0.2) is 0 Å². The van der Waals surface area contributed by atoms with Crippen LogP contribution >= 0.6 is 0 Å². The van der Waals surface area contributed by atoms with Crippen molar-refractivity contribution < 1.29 is 19.4 Å². The first-order valence-corrected chi connectivity index (χ1v) is 6.41. The first kappa shape index (κ1) is 15.0. The van der Waals surface area contributed by atoms with Crippen LogP contribution in [0.25, 0.3) is 0 Å². The Kier molecular flexibility index (Phi) is 5.62. The van der Waals surface area contributed by atoms with E-state index in [2.05, 4.69) is 5.32 Å². The number of hydrogen-bond acceptors (Lipinski definition) is 5. The summed E-state index contributed by atoms with van der Waals surface area (Å²) in [5, 5.41) is 13.0. The number of methoxy groups -OCH3 is 1. The van der Waals surface area contributed by atoms with Crippen LogP contribution < -0.4 is 5.32 Å². The fourth-order valence-corrected chi connectivity index (χ4v) is 2.07. The minimum Gasteiger partial charge on any atom is -0.466 e. The molecule has 1 rings (SSSR count). The Bertz CT molecular complexity index is 323. The number of rotatable bonds is 5. The molecule has 0 amide bonds. The van der Waals surface area contributed by atoms with Crippen molar-refractivity contribution in [1.82, 2.24) is 5.32 Å². The lowest BCUT2D eigenvalue weighted by molar-refractivity contribution is -0.136. The SMILES string of the molecule is CCC(CC)O[C@H]1/C(=C(/C)C(=O)OC)NC[C@@H]1O. The van der Waals surface area contributed by atoms with Gasteiger partial charge in [-0.3, -0.25) is 0 Å². The summed E-state index contributed by atoms with van der Waals surface area (Å²) in [6.45, 7) is 6.16. The summed E-state index contributed by atoms with van der Waals surface area (Å²) in [6.07, 6.45) is 0.758. The molecule has 5 heteroatoms. The number of hydrogen-bond donors (Lipinski definition) is 2. The molecule has 0 aromatic heterocycles.